The Morgan fingerprint density at radius 1 is 1.00 bits per heavy atom. The summed E-state index contributed by atoms with van der Waals surface area (Å²) in [5.74, 6) is -0.629. The topological polar surface area (TPSA) is 114 Å². The normalized spacial score (nSPS) is 11.0. The number of nitro groups is 1. The molecule has 9 heteroatoms. The first kappa shape index (κ1) is 22.6. The monoisotopic (exact) mass is 450 g/mol. The van der Waals surface area contributed by atoms with Crippen LogP contribution in [0.2, 0.25) is 5.02 Å². The number of benzene rings is 3. The second-order valence-electron chi connectivity index (χ2n) is 6.87. The molecule has 0 aromatic heterocycles. The fraction of sp³-hybridized carbons (Fsp3) is 0.0870. The van der Waals surface area contributed by atoms with Crippen LogP contribution in [-0.4, -0.2) is 22.4 Å². The summed E-state index contributed by atoms with van der Waals surface area (Å²) >= 11 is 5.85. The fourth-order valence-electron chi connectivity index (χ4n) is 2.80. The maximum Gasteiger partial charge on any atom is 0.269 e. The molecule has 3 rings (SSSR count). The van der Waals surface area contributed by atoms with Crippen LogP contribution in [0.3, 0.4) is 0 Å². The Morgan fingerprint density at radius 2 is 1.69 bits per heavy atom. The molecular formula is C23H19ClN4O4. The maximum absolute atomic E-state index is 12.4. The first-order valence-corrected chi connectivity index (χ1v) is 9.93. The summed E-state index contributed by atoms with van der Waals surface area (Å²) in [5, 5.41) is 18.2. The highest BCUT2D eigenvalue weighted by Gasteiger charge is 2.09. The van der Waals surface area contributed by atoms with Crippen molar-refractivity contribution in [2.45, 2.75) is 13.3 Å². The van der Waals surface area contributed by atoms with Crippen molar-refractivity contribution < 1.29 is 14.5 Å². The summed E-state index contributed by atoms with van der Waals surface area (Å²) < 4.78 is 0. The molecule has 0 heterocycles. The van der Waals surface area contributed by atoms with Crippen LogP contribution in [0.25, 0.3) is 0 Å². The molecule has 0 aliphatic heterocycles. The van der Waals surface area contributed by atoms with Crippen LogP contribution >= 0.6 is 11.6 Å². The van der Waals surface area contributed by atoms with Gasteiger partial charge in [-0.3, -0.25) is 19.7 Å². The summed E-state index contributed by atoms with van der Waals surface area (Å²) in [4.78, 5) is 34.7. The van der Waals surface area contributed by atoms with Crippen LogP contribution in [0.5, 0.6) is 0 Å². The molecule has 32 heavy (non-hydrogen) atoms. The number of hydrazone groups is 1. The van der Waals surface area contributed by atoms with Crippen molar-refractivity contribution in [3.8, 4) is 0 Å². The molecule has 0 atom stereocenters. The molecule has 162 valence electrons. The minimum absolute atomic E-state index is 0.0337. The van der Waals surface area contributed by atoms with E-state index >= 15 is 0 Å². The van der Waals surface area contributed by atoms with E-state index < -0.39 is 4.92 Å². The fourth-order valence-corrected chi connectivity index (χ4v) is 2.92. The molecule has 0 bridgehead atoms. The molecule has 8 nitrogen and oxygen atoms in total. The molecule has 2 amide bonds. The van der Waals surface area contributed by atoms with Crippen molar-refractivity contribution in [1.82, 2.24) is 5.43 Å². The SMILES string of the molecule is C/C(=N/NC(=O)Cc1ccc([N+](=O)[O-])cc1)c1cccc(NC(=O)c2ccc(Cl)cc2)c1. The quantitative estimate of drug-likeness (QED) is 0.311. The molecule has 0 saturated heterocycles. The van der Waals surface area contributed by atoms with E-state index in [1.807, 2.05) is 0 Å². The van der Waals surface area contributed by atoms with Gasteiger partial charge >= 0.3 is 0 Å². The highest BCUT2D eigenvalue weighted by molar-refractivity contribution is 6.30. The van der Waals surface area contributed by atoms with Crippen molar-refractivity contribution in [3.63, 3.8) is 0 Å². The molecule has 0 aliphatic carbocycles. The highest BCUT2D eigenvalue weighted by Crippen LogP contribution is 2.15. The molecule has 0 saturated carbocycles. The van der Waals surface area contributed by atoms with E-state index in [9.17, 15) is 19.7 Å². The summed E-state index contributed by atoms with van der Waals surface area (Å²) in [6.07, 6.45) is 0.0337. The maximum atomic E-state index is 12.4. The third-order valence-corrected chi connectivity index (χ3v) is 4.76. The number of amides is 2. The molecule has 3 aromatic rings. The van der Waals surface area contributed by atoms with E-state index in [0.717, 1.165) is 5.56 Å². The van der Waals surface area contributed by atoms with Gasteiger partial charge in [0.05, 0.1) is 17.1 Å². The minimum atomic E-state index is -0.497. The Morgan fingerprint density at radius 3 is 2.34 bits per heavy atom. The van der Waals surface area contributed by atoms with Crippen LogP contribution in [0.1, 0.15) is 28.4 Å². The standard InChI is InChI=1S/C23H19ClN4O4/c1-15(26-27-22(29)13-16-5-11-21(12-6-16)28(31)32)18-3-2-4-20(14-18)25-23(30)17-7-9-19(24)10-8-17/h2-12,14H,13H2,1H3,(H,25,30)(H,27,29)/b26-15-. The molecular weight excluding hydrogens is 432 g/mol. The van der Waals surface area contributed by atoms with Crippen LogP contribution in [0.4, 0.5) is 11.4 Å². The predicted molar refractivity (Wildman–Crippen MR) is 123 cm³/mol. The lowest BCUT2D eigenvalue weighted by Crippen LogP contribution is -2.21. The molecule has 0 spiro atoms. The highest BCUT2D eigenvalue weighted by atomic mass is 35.5. The lowest BCUT2D eigenvalue weighted by Gasteiger charge is -2.08. The lowest BCUT2D eigenvalue weighted by atomic mass is 10.1. The predicted octanol–water partition coefficient (Wildman–Crippen LogP) is 4.58. The third-order valence-electron chi connectivity index (χ3n) is 4.50. The van der Waals surface area contributed by atoms with Gasteiger partial charge in [-0.15, -0.1) is 0 Å². The zero-order valence-electron chi connectivity index (χ0n) is 17.0. The van der Waals surface area contributed by atoms with Gasteiger partial charge in [0, 0.05) is 28.4 Å². The van der Waals surface area contributed by atoms with Gasteiger partial charge in [0.2, 0.25) is 5.91 Å². The van der Waals surface area contributed by atoms with Crippen molar-refractivity contribution in [1.29, 1.82) is 0 Å². The number of rotatable bonds is 7. The second-order valence-corrected chi connectivity index (χ2v) is 7.31. The molecule has 3 aromatic carbocycles. The number of halogens is 1. The zero-order valence-corrected chi connectivity index (χ0v) is 17.8. The minimum Gasteiger partial charge on any atom is -0.322 e. The largest absolute Gasteiger partial charge is 0.322 e. The number of nitrogens with zero attached hydrogens (tertiary/aromatic N) is 2. The van der Waals surface area contributed by atoms with E-state index in [2.05, 4.69) is 15.8 Å². The van der Waals surface area contributed by atoms with Crippen molar-refractivity contribution in [3.05, 3.63) is 105 Å². The van der Waals surface area contributed by atoms with Crippen molar-refractivity contribution in [2.24, 2.45) is 5.10 Å². The lowest BCUT2D eigenvalue weighted by molar-refractivity contribution is -0.384. The summed E-state index contributed by atoms with van der Waals surface area (Å²) in [7, 11) is 0. The molecule has 0 unspecified atom stereocenters. The first-order chi connectivity index (χ1) is 15.3. The van der Waals surface area contributed by atoms with Crippen molar-refractivity contribution in [2.75, 3.05) is 5.32 Å². The Labute approximate surface area is 189 Å². The molecule has 0 fully saturated rings. The van der Waals surface area contributed by atoms with Gasteiger partial charge in [0.15, 0.2) is 0 Å². The van der Waals surface area contributed by atoms with E-state index in [4.69, 9.17) is 11.6 Å². The number of hydrogen-bond donors (Lipinski definition) is 2. The number of nitrogens with one attached hydrogen (secondary N) is 2. The Kier molecular flexibility index (Phi) is 7.30. The van der Waals surface area contributed by atoms with Gasteiger partial charge in [-0.2, -0.15) is 5.10 Å². The second kappa shape index (κ2) is 10.3. The number of carbonyl (C=O) groups is 2. The summed E-state index contributed by atoms with van der Waals surface area (Å²) in [6, 6.07) is 19.4. The Balaban J connectivity index is 1.61. The van der Waals surface area contributed by atoms with Gasteiger partial charge in [0.25, 0.3) is 11.6 Å². The van der Waals surface area contributed by atoms with Gasteiger partial charge in [0.1, 0.15) is 0 Å². The number of anilines is 1. The Bertz CT molecular complexity index is 1180. The smallest absolute Gasteiger partial charge is 0.269 e. The van der Waals surface area contributed by atoms with E-state index in [-0.39, 0.29) is 23.9 Å². The van der Waals surface area contributed by atoms with Crippen LogP contribution in [-0.2, 0) is 11.2 Å². The number of nitro benzene ring substituents is 1. The third kappa shape index (κ3) is 6.23. The Hall–Kier alpha value is -4.04. The average molecular weight is 451 g/mol. The van der Waals surface area contributed by atoms with Gasteiger partial charge in [-0.1, -0.05) is 35.9 Å². The molecule has 0 radical (unpaired) electrons. The average Bonchev–Trinajstić information content (AvgIpc) is 2.78. The number of non-ortho nitro benzene ring substituents is 1. The zero-order chi connectivity index (χ0) is 23.1. The van der Waals surface area contributed by atoms with E-state index in [1.165, 1.54) is 24.3 Å². The van der Waals surface area contributed by atoms with Gasteiger partial charge in [-0.25, -0.2) is 5.43 Å². The summed E-state index contributed by atoms with van der Waals surface area (Å²) in [6.45, 7) is 1.73. The van der Waals surface area contributed by atoms with E-state index in [0.29, 0.717) is 27.5 Å². The van der Waals surface area contributed by atoms with Gasteiger partial charge < -0.3 is 5.32 Å². The first-order valence-electron chi connectivity index (χ1n) is 9.55. The van der Waals surface area contributed by atoms with Gasteiger partial charge in [-0.05, 0) is 54.4 Å². The number of hydrogen-bond acceptors (Lipinski definition) is 5. The molecule has 2 N–H and O–H groups in total. The van der Waals surface area contributed by atoms with E-state index in [1.54, 1.807) is 55.5 Å². The molecule has 0 aliphatic rings. The summed E-state index contributed by atoms with van der Waals surface area (Å²) in [5.41, 5.74) is 5.39. The van der Waals surface area contributed by atoms with Crippen molar-refractivity contribution >= 4 is 40.5 Å². The van der Waals surface area contributed by atoms with Crippen LogP contribution in [0, 0.1) is 10.1 Å². The van der Waals surface area contributed by atoms with Crippen LogP contribution < -0.4 is 10.7 Å². The van der Waals surface area contributed by atoms with Crippen LogP contribution in [0.15, 0.2) is 77.9 Å². The number of carbonyl (C=O) groups excluding carboxylic acids is 2.